The van der Waals surface area contributed by atoms with Gasteiger partial charge in [-0.05, 0) is 47.2 Å². The summed E-state index contributed by atoms with van der Waals surface area (Å²) in [5, 5.41) is 12.3. The number of hydrogen-bond acceptors (Lipinski definition) is 2. The maximum absolute atomic E-state index is 10.3. The summed E-state index contributed by atoms with van der Waals surface area (Å²) in [6.45, 7) is 4.18. The number of halogens is 1. The Labute approximate surface area is 97.3 Å². The Kier molecular flexibility index (Phi) is 2.75. The van der Waals surface area contributed by atoms with Crippen molar-refractivity contribution in [3.05, 3.63) is 20.8 Å². The molecule has 1 aliphatic carbocycles. The van der Waals surface area contributed by atoms with Gasteiger partial charge in [-0.15, -0.1) is 11.3 Å². The van der Waals surface area contributed by atoms with Gasteiger partial charge in [-0.25, -0.2) is 0 Å². The van der Waals surface area contributed by atoms with Gasteiger partial charge in [0.1, 0.15) is 0 Å². The molecule has 0 aromatic carbocycles. The fourth-order valence-corrected chi connectivity index (χ4v) is 3.73. The first-order chi connectivity index (χ1) is 6.49. The second-order valence-corrected chi connectivity index (χ2v) is 6.50. The minimum absolute atomic E-state index is 0.503. The predicted molar refractivity (Wildman–Crippen MR) is 63.6 cm³/mol. The number of rotatable bonds is 3. The number of hydrogen-bond donors (Lipinski definition) is 1. The molecular formula is C11H15BrOS. The topological polar surface area (TPSA) is 20.2 Å². The molecule has 1 fully saturated rings. The lowest BCUT2D eigenvalue weighted by Gasteiger charge is -2.22. The van der Waals surface area contributed by atoms with Gasteiger partial charge in [-0.3, -0.25) is 0 Å². The van der Waals surface area contributed by atoms with E-state index in [1.807, 2.05) is 6.92 Å². The third kappa shape index (κ3) is 2.20. The molecule has 1 heterocycles. The van der Waals surface area contributed by atoms with Crippen molar-refractivity contribution in [2.75, 3.05) is 0 Å². The maximum Gasteiger partial charge on any atom is 0.0698 e. The van der Waals surface area contributed by atoms with E-state index in [9.17, 15) is 5.11 Å². The van der Waals surface area contributed by atoms with Crippen LogP contribution in [0.15, 0.2) is 15.9 Å². The van der Waals surface area contributed by atoms with E-state index in [1.54, 1.807) is 11.3 Å². The lowest BCUT2D eigenvalue weighted by atomic mass is 9.94. The van der Waals surface area contributed by atoms with Gasteiger partial charge in [-0.1, -0.05) is 6.92 Å². The van der Waals surface area contributed by atoms with Crippen LogP contribution in [0.25, 0.3) is 0 Å². The van der Waals surface area contributed by atoms with E-state index in [0.29, 0.717) is 11.8 Å². The van der Waals surface area contributed by atoms with E-state index in [0.717, 1.165) is 10.9 Å². The van der Waals surface area contributed by atoms with E-state index < -0.39 is 5.60 Å². The van der Waals surface area contributed by atoms with E-state index in [4.69, 9.17) is 0 Å². The first-order valence-electron chi connectivity index (χ1n) is 4.94. The van der Waals surface area contributed by atoms with Crippen LogP contribution >= 0.6 is 27.3 Å². The molecule has 1 N–H and O–H groups in total. The molecule has 3 heteroatoms. The molecule has 0 saturated heterocycles. The Morgan fingerprint density at radius 2 is 2.36 bits per heavy atom. The van der Waals surface area contributed by atoms with Crippen LogP contribution in [0.1, 0.15) is 25.1 Å². The largest absolute Gasteiger partial charge is 0.390 e. The average molecular weight is 275 g/mol. The highest BCUT2D eigenvalue weighted by molar-refractivity contribution is 9.10. The van der Waals surface area contributed by atoms with Gasteiger partial charge in [0.05, 0.1) is 5.60 Å². The first kappa shape index (κ1) is 10.7. The van der Waals surface area contributed by atoms with Crippen LogP contribution in [0, 0.1) is 11.8 Å². The fraction of sp³-hybridized carbons (Fsp3) is 0.636. The van der Waals surface area contributed by atoms with Crippen LogP contribution in [-0.2, 0) is 6.42 Å². The highest BCUT2D eigenvalue weighted by atomic mass is 79.9. The summed E-state index contributed by atoms with van der Waals surface area (Å²) in [5.41, 5.74) is -0.510. The van der Waals surface area contributed by atoms with Gasteiger partial charge in [0.25, 0.3) is 0 Å². The predicted octanol–water partition coefficient (Wildman–Crippen LogP) is 3.46. The van der Waals surface area contributed by atoms with E-state index in [-0.39, 0.29) is 0 Å². The van der Waals surface area contributed by atoms with Crippen LogP contribution in [0.3, 0.4) is 0 Å². The summed E-state index contributed by atoms with van der Waals surface area (Å²) >= 11 is 5.15. The zero-order chi connectivity index (χ0) is 10.3. The zero-order valence-electron chi connectivity index (χ0n) is 8.46. The van der Waals surface area contributed by atoms with Crippen LogP contribution in [-0.4, -0.2) is 10.7 Å². The van der Waals surface area contributed by atoms with Gasteiger partial charge in [0, 0.05) is 21.2 Å². The van der Waals surface area contributed by atoms with E-state index >= 15 is 0 Å². The minimum atomic E-state index is -0.510. The van der Waals surface area contributed by atoms with Gasteiger partial charge < -0.3 is 5.11 Å². The van der Waals surface area contributed by atoms with Crippen molar-refractivity contribution in [2.45, 2.75) is 32.3 Å². The van der Waals surface area contributed by atoms with Crippen LogP contribution < -0.4 is 0 Å². The van der Waals surface area contributed by atoms with Crippen molar-refractivity contribution < 1.29 is 5.11 Å². The molecule has 14 heavy (non-hydrogen) atoms. The summed E-state index contributed by atoms with van der Waals surface area (Å²) in [6, 6.07) is 2.10. The standard InChI is InChI=1S/C11H15BrOS/c1-7-3-10(7)11(2,13)5-9-4-8(12)6-14-9/h4,6-7,10,13H,3,5H2,1-2H3. The molecule has 0 radical (unpaired) electrons. The van der Waals surface area contributed by atoms with Gasteiger partial charge in [0.2, 0.25) is 0 Å². The van der Waals surface area contributed by atoms with Crippen molar-refractivity contribution >= 4 is 27.3 Å². The van der Waals surface area contributed by atoms with Gasteiger partial charge >= 0.3 is 0 Å². The Bertz CT molecular complexity index is 332. The minimum Gasteiger partial charge on any atom is -0.390 e. The molecule has 1 saturated carbocycles. The molecule has 1 aromatic heterocycles. The van der Waals surface area contributed by atoms with Crippen molar-refractivity contribution in [1.29, 1.82) is 0 Å². The van der Waals surface area contributed by atoms with Crippen LogP contribution in [0.5, 0.6) is 0 Å². The molecule has 2 rings (SSSR count). The van der Waals surface area contributed by atoms with Gasteiger partial charge in [-0.2, -0.15) is 0 Å². The second-order valence-electron chi connectivity index (χ2n) is 4.58. The lowest BCUT2D eigenvalue weighted by molar-refractivity contribution is 0.0333. The Balaban J connectivity index is 2.03. The number of aliphatic hydroxyl groups is 1. The normalized spacial score (nSPS) is 30.0. The molecule has 0 spiro atoms. The van der Waals surface area contributed by atoms with E-state index in [2.05, 4.69) is 34.3 Å². The highest BCUT2D eigenvalue weighted by Crippen LogP contribution is 2.47. The summed E-state index contributed by atoms with van der Waals surface area (Å²) < 4.78 is 1.12. The Hall–Kier alpha value is 0.140. The Morgan fingerprint density at radius 3 is 2.79 bits per heavy atom. The van der Waals surface area contributed by atoms with Crippen LogP contribution in [0.2, 0.25) is 0 Å². The molecule has 1 aromatic rings. The smallest absolute Gasteiger partial charge is 0.0698 e. The van der Waals surface area contributed by atoms with E-state index in [1.165, 1.54) is 11.3 Å². The fourth-order valence-electron chi connectivity index (χ4n) is 2.12. The van der Waals surface area contributed by atoms with Crippen molar-refractivity contribution in [3.8, 4) is 0 Å². The summed E-state index contributed by atoms with van der Waals surface area (Å²) in [6.07, 6.45) is 1.97. The third-order valence-electron chi connectivity index (χ3n) is 3.06. The van der Waals surface area contributed by atoms with Crippen molar-refractivity contribution in [2.24, 2.45) is 11.8 Å². The average Bonchev–Trinajstić information content (AvgIpc) is 2.67. The Morgan fingerprint density at radius 1 is 1.71 bits per heavy atom. The molecule has 1 nitrogen and oxygen atoms in total. The lowest BCUT2D eigenvalue weighted by Crippen LogP contribution is -2.30. The molecule has 1 aliphatic rings. The van der Waals surface area contributed by atoms with Gasteiger partial charge in [0.15, 0.2) is 0 Å². The molecular weight excluding hydrogens is 260 g/mol. The van der Waals surface area contributed by atoms with Crippen molar-refractivity contribution in [1.82, 2.24) is 0 Å². The number of thiophene rings is 1. The quantitative estimate of drug-likeness (QED) is 0.895. The molecule has 0 amide bonds. The molecule has 0 bridgehead atoms. The summed E-state index contributed by atoms with van der Waals surface area (Å²) in [4.78, 5) is 1.26. The zero-order valence-corrected chi connectivity index (χ0v) is 10.9. The first-order valence-corrected chi connectivity index (χ1v) is 6.61. The summed E-state index contributed by atoms with van der Waals surface area (Å²) in [5.74, 6) is 1.21. The van der Waals surface area contributed by atoms with Crippen LogP contribution in [0.4, 0.5) is 0 Å². The molecule has 0 aliphatic heterocycles. The molecule has 3 atom stereocenters. The van der Waals surface area contributed by atoms with Crippen molar-refractivity contribution in [3.63, 3.8) is 0 Å². The second kappa shape index (κ2) is 3.62. The monoisotopic (exact) mass is 274 g/mol. The molecule has 3 unspecified atom stereocenters. The highest BCUT2D eigenvalue weighted by Gasteiger charge is 2.46. The SMILES string of the molecule is CC1CC1C(C)(O)Cc1cc(Br)cs1. The summed E-state index contributed by atoms with van der Waals surface area (Å²) in [7, 11) is 0. The maximum atomic E-state index is 10.3. The third-order valence-corrected chi connectivity index (χ3v) is 4.76. The molecule has 78 valence electrons.